The van der Waals surface area contributed by atoms with Crippen molar-refractivity contribution in [1.82, 2.24) is 10.9 Å². The number of rotatable bonds is 9. The van der Waals surface area contributed by atoms with Gasteiger partial charge in [0, 0.05) is 11.3 Å². The Morgan fingerprint density at radius 3 is 2.12 bits per heavy atom. The molecule has 3 rings (SSSR count). The Labute approximate surface area is 198 Å². The first-order valence-corrected chi connectivity index (χ1v) is 11.9. The average molecular weight is 484 g/mol. The van der Waals surface area contributed by atoms with Gasteiger partial charge in [-0.1, -0.05) is 18.2 Å². The van der Waals surface area contributed by atoms with Gasteiger partial charge in [0.05, 0.1) is 11.5 Å². The lowest BCUT2D eigenvalue weighted by Gasteiger charge is -2.15. The van der Waals surface area contributed by atoms with E-state index in [1.807, 2.05) is 13.0 Å². The van der Waals surface area contributed by atoms with Crippen LogP contribution in [0.3, 0.4) is 0 Å². The number of ether oxygens (including phenoxy) is 2. The summed E-state index contributed by atoms with van der Waals surface area (Å²) < 4.78 is 38.4. The van der Waals surface area contributed by atoms with E-state index in [1.54, 1.807) is 43.3 Å². The van der Waals surface area contributed by atoms with Crippen molar-refractivity contribution < 1.29 is 27.5 Å². The lowest BCUT2D eigenvalue weighted by Crippen LogP contribution is -2.47. The van der Waals surface area contributed by atoms with Crippen LogP contribution in [0.1, 0.15) is 24.2 Å². The van der Waals surface area contributed by atoms with Crippen LogP contribution < -0.4 is 25.0 Å². The fourth-order valence-corrected chi connectivity index (χ4v) is 3.89. The zero-order valence-corrected chi connectivity index (χ0v) is 19.5. The second-order valence-corrected chi connectivity index (χ2v) is 8.79. The van der Waals surface area contributed by atoms with Crippen molar-refractivity contribution in [1.29, 1.82) is 0 Å². The lowest BCUT2D eigenvalue weighted by molar-refractivity contribution is -0.128. The highest BCUT2D eigenvalue weighted by molar-refractivity contribution is 7.92. The van der Waals surface area contributed by atoms with Crippen molar-refractivity contribution in [2.45, 2.75) is 24.8 Å². The van der Waals surface area contributed by atoms with Crippen LogP contribution in [-0.2, 0) is 14.8 Å². The molecule has 1 unspecified atom stereocenters. The van der Waals surface area contributed by atoms with E-state index in [9.17, 15) is 18.0 Å². The van der Waals surface area contributed by atoms with Gasteiger partial charge in [0.25, 0.3) is 21.8 Å². The smallest absolute Gasteiger partial charge is 0.279 e. The van der Waals surface area contributed by atoms with Crippen LogP contribution in [-0.4, -0.2) is 32.9 Å². The third kappa shape index (κ3) is 6.72. The van der Waals surface area contributed by atoms with Gasteiger partial charge >= 0.3 is 0 Å². The number of carbonyl (C=O) groups excluding carboxylic acids is 2. The number of hydrogen-bond acceptors (Lipinski definition) is 6. The number of para-hydroxylation sites is 1. The van der Waals surface area contributed by atoms with E-state index in [0.717, 1.165) is 0 Å². The van der Waals surface area contributed by atoms with Crippen LogP contribution in [0, 0.1) is 0 Å². The number of sulfonamides is 1. The minimum atomic E-state index is -3.81. The summed E-state index contributed by atoms with van der Waals surface area (Å²) in [5, 5.41) is 0. The summed E-state index contributed by atoms with van der Waals surface area (Å²) in [5.41, 5.74) is 5.11. The summed E-state index contributed by atoms with van der Waals surface area (Å²) in [5.74, 6) is 0.00259. The molecule has 0 bridgehead atoms. The van der Waals surface area contributed by atoms with Crippen molar-refractivity contribution >= 4 is 27.5 Å². The molecule has 1 atom stereocenters. The quantitative estimate of drug-likeness (QED) is 0.402. The molecule has 0 aromatic heterocycles. The Kier molecular flexibility index (Phi) is 8.10. The average Bonchev–Trinajstić information content (AvgIpc) is 2.83. The van der Waals surface area contributed by atoms with Gasteiger partial charge in [-0.05, 0) is 74.5 Å². The first-order valence-electron chi connectivity index (χ1n) is 10.5. The second-order valence-electron chi connectivity index (χ2n) is 7.10. The molecule has 3 N–H and O–H groups in total. The summed E-state index contributed by atoms with van der Waals surface area (Å²) >= 11 is 0. The minimum Gasteiger partial charge on any atom is -0.494 e. The summed E-state index contributed by atoms with van der Waals surface area (Å²) in [6, 6.07) is 20.6. The number of nitrogens with one attached hydrogen (secondary N) is 3. The molecule has 178 valence electrons. The number of benzene rings is 3. The van der Waals surface area contributed by atoms with E-state index in [4.69, 9.17) is 9.47 Å². The molecule has 0 saturated carbocycles. The predicted octanol–water partition coefficient (Wildman–Crippen LogP) is 3.11. The number of hydrogen-bond donors (Lipinski definition) is 3. The van der Waals surface area contributed by atoms with Crippen LogP contribution in [0.4, 0.5) is 5.69 Å². The molecule has 9 nitrogen and oxygen atoms in total. The van der Waals surface area contributed by atoms with Crippen molar-refractivity contribution in [3.63, 3.8) is 0 Å². The highest BCUT2D eigenvalue weighted by Gasteiger charge is 2.17. The standard InChI is InChI=1S/C24H25N3O6S/c1-3-32-20-13-15-22(16-14-20)34(30,31)27-19-11-9-18(10-12-19)24(29)26-25-23(28)17(2)33-21-7-5-4-6-8-21/h4-17,27H,3H2,1-2H3,(H,25,28)(H,26,29). The van der Waals surface area contributed by atoms with E-state index < -0.39 is 27.9 Å². The summed E-state index contributed by atoms with van der Waals surface area (Å²) in [7, 11) is -3.81. The molecular weight excluding hydrogens is 458 g/mol. The second kappa shape index (κ2) is 11.2. The van der Waals surface area contributed by atoms with E-state index in [-0.39, 0.29) is 16.1 Å². The fraction of sp³-hybridized carbons (Fsp3) is 0.167. The normalized spacial score (nSPS) is 11.7. The Morgan fingerprint density at radius 2 is 1.50 bits per heavy atom. The Hall–Kier alpha value is -4.05. The topological polar surface area (TPSA) is 123 Å². The van der Waals surface area contributed by atoms with Gasteiger partial charge < -0.3 is 9.47 Å². The number of carbonyl (C=O) groups is 2. The van der Waals surface area contributed by atoms with Crippen LogP contribution >= 0.6 is 0 Å². The fourth-order valence-electron chi connectivity index (χ4n) is 2.83. The van der Waals surface area contributed by atoms with E-state index in [2.05, 4.69) is 15.6 Å². The minimum absolute atomic E-state index is 0.0762. The van der Waals surface area contributed by atoms with Crippen molar-refractivity contribution in [2.24, 2.45) is 0 Å². The molecule has 0 aliphatic carbocycles. The molecule has 3 aromatic rings. The number of hydrazine groups is 1. The van der Waals surface area contributed by atoms with Crippen LogP contribution in [0.15, 0.2) is 83.8 Å². The monoisotopic (exact) mass is 483 g/mol. The number of anilines is 1. The van der Waals surface area contributed by atoms with Crippen molar-refractivity contribution in [2.75, 3.05) is 11.3 Å². The predicted molar refractivity (Wildman–Crippen MR) is 127 cm³/mol. The van der Waals surface area contributed by atoms with Gasteiger partial charge in [-0.3, -0.25) is 25.2 Å². The molecule has 34 heavy (non-hydrogen) atoms. The SMILES string of the molecule is CCOc1ccc(S(=O)(=O)Nc2ccc(C(=O)NNC(=O)C(C)Oc3ccccc3)cc2)cc1. The van der Waals surface area contributed by atoms with Crippen LogP contribution in [0.2, 0.25) is 0 Å². The molecule has 0 fully saturated rings. The third-order valence-corrected chi connectivity index (χ3v) is 5.97. The zero-order chi connectivity index (χ0) is 24.6. The molecule has 0 aliphatic heterocycles. The molecule has 0 saturated heterocycles. The number of amides is 2. The zero-order valence-electron chi connectivity index (χ0n) is 18.6. The molecule has 0 aliphatic rings. The van der Waals surface area contributed by atoms with Crippen molar-refractivity contribution in [3.05, 3.63) is 84.4 Å². The van der Waals surface area contributed by atoms with Crippen molar-refractivity contribution in [3.8, 4) is 11.5 Å². The van der Waals surface area contributed by atoms with Gasteiger partial charge in [0.2, 0.25) is 0 Å². The van der Waals surface area contributed by atoms with E-state index in [1.165, 1.54) is 36.4 Å². The highest BCUT2D eigenvalue weighted by Crippen LogP contribution is 2.20. The van der Waals surface area contributed by atoms with E-state index >= 15 is 0 Å². The van der Waals surface area contributed by atoms with Gasteiger partial charge in [-0.2, -0.15) is 0 Å². The lowest BCUT2D eigenvalue weighted by atomic mass is 10.2. The summed E-state index contributed by atoms with van der Waals surface area (Å²) in [6.45, 7) is 3.87. The highest BCUT2D eigenvalue weighted by atomic mass is 32.2. The van der Waals surface area contributed by atoms with Crippen LogP contribution in [0.25, 0.3) is 0 Å². The van der Waals surface area contributed by atoms with Gasteiger partial charge in [0.15, 0.2) is 6.10 Å². The van der Waals surface area contributed by atoms with Gasteiger partial charge in [-0.25, -0.2) is 8.42 Å². The maximum absolute atomic E-state index is 12.6. The van der Waals surface area contributed by atoms with Gasteiger partial charge in [-0.15, -0.1) is 0 Å². The maximum atomic E-state index is 12.6. The maximum Gasteiger partial charge on any atom is 0.279 e. The summed E-state index contributed by atoms with van der Waals surface area (Å²) in [4.78, 5) is 24.5. The molecule has 10 heteroatoms. The molecule has 3 aromatic carbocycles. The summed E-state index contributed by atoms with van der Waals surface area (Å²) in [6.07, 6.45) is -0.831. The molecule has 0 radical (unpaired) electrons. The molecule has 0 heterocycles. The Bertz CT molecular complexity index is 1210. The first kappa shape index (κ1) is 24.6. The van der Waals surface area contributed by atoms with Crippen LogP contribution in [0.5, 0.6) is 11.5 Å². The largest absolute Gasteiger partial charge is 0.494 e. The van der Waals surface area contributed by atoms with E-state index in [0.29, 0.717) is 18.1 Å². The molecular formula is C24H25N3O6S. The first-order chi connectivity index (χ1) is 16.3. The molecule has 2 amide bonds. The van der Waals surface area contributed by atoms with Gasteiger partial charge in [0.1, 0.15) is 11.5 Å². The third-order valence-electron chi connectivity index (χ3n) is 4.57. The molecule has 0 spiro atoms. The Balaban J connectivity index is 1.54. The Morgan fingerprint density at radius 1 is 0.853 bits per heavy atom.